The first-order valence-electron chi connectivity index (χ1n) is 5.19. The zero-order valence-corrected chi connectivity index (χ0v) is 9.24. The number of nitriles is 1. The van der Waals surface area contributed by atoms with E-state index in [2.05, 4.69) is 0 Å². The van der Waals surface area contributed by atoms with Gasteiger partial charge in [0, 0.05) is 19.2 Å². The van der Waals surface area contributed by atoms with E-state index in [-0.39, 0.29) is 24.3 Å². The second-order valence-electron chi connectivity index (χ2n) is 4.01. The van der Waals surface area contributed by atoms with Crippen LogP contribution in [0.25, 0.3) is 0 Å². The van der Waals surface area contributed by atoms with Crippen LogP contribution >= 0.6 is 0 Å². The van der Waals surface area contributed by atoms with Gasteiger partial charge in [0.2, 0.25) is 0 Å². The Labute approximate surface area is 102 Å². The molecule has 0 saturated carbocycles. The van der Waals surface area contributed by atoms with Gasteiger partial charge in [-0.25, -0.2) is 0 Å². The van der Waals surface area contributed by atoms with Crippen molar-refractivity contribution in [1.29, 1.82) is 5.26 Å². The van der Waals surface area contributed by atoms with Crippen LogP contribution in [-0.4, -0.2) is 29.1 Å². The molecule has 0 radical (unpaired) electrons. The van der Waals surface area contributed by atoms with Gasteiger partial charge in [0.15, 0.2) is 0 Å². The van der Waals surface area contributed by atoms with Crippen molar-refractivity contribution in [2.24, 2.45) is 5.92 Å². The molecule has 0 bridgehead atoms. The average molecular weight is 247 g/mol. The Hall–Kier alpha value is -2.62. The zero-order valence-electron chi connectivity index (χ0n) is 9.24. The number of carboxylic acids is 1. The van der Waals surface area contributed by atoms with Gasteiger partial charge in [0.1, 0.15) is 5.69 Å². The normalized spacial score (nSPS) is 14.7. The molecule has 2 rings (SSSR count). The largest absolute Gasteiger partial charge is 0.481 e. The predicted molar refractivity (Wildman–Crippen MR) is 61.2 cm³/mol. The van der Waals surface area contributed by atoms with Crippen LogP contribution < -0.4 is 4.90 Å². The lowest BCUT2D eigenvalue weighted by Gasteiger charge is -2.38. The Morgan fingerprint density at radius 1 is 1.56 bits per heavy atom. The summed E-state index contributed by atoms with van der Waals surface area (Å²) in [5, 5.41) is 28.4. The van der Waals surface area contributed by atoms with E-state index in [1.165, 1.54) is 18.2 Å². The summed E-state index contributed by atoms with van der Waals surface area (Å²) in [5.74, 6) is -1.39. The second kappa shape index (κ2) is 4.33. The van der Waals surface area contributed by atoms with E-state index in [0.717, 1.165) is 0 Å². The van der Waals surface area contributed by atoms with Crippen molar-refractivity contribution in [1.82, 2.24) is 0 Å². The Bertz CT molecular complexity index is 558. The van der Waals surface area contributed by atoms with Gasteiger partial charge in [-0.05, 0) is 12.1 Å². The molecule has 7 nitrogen and oxygen atoms in total. The summed E-state index contributed by atoms with van der Waals surface area (Å²) in [7, 11) is 0. The number of nitro benzene ring substituents is 1. The molecule has 1 aliphatic rings. The minimum Gasteiger partial charge on any atom is -0.481 e. The van der Waals surface area contributed by atoms with E-state index < -0.39 is 16.8 Å². The molecule has 0 atom stereocenters. The van der Waals surface area contributed by atoms with Crippen LogP contribution in [0, 0.1) is 27.4 Å². The molecular formula is C11H9N3O4. The second-order valence-corrected chi connectivity index (χ2v) is 4.01. The number of carboxylic acid groups (broad SMARTS) is 1. The molecule has 1 fully saturated rings. The van der Waals surface area contributed by atoms with Crippen molar-refractivity contribution in [3.8, 4) is 6.07 Å². The highest BCUT2D eigenvalue weighted by Gasteiger charge is 2.35. The predicted octanol–water partition coefficient (Wildman–Crippen LogP) is 0.987. The summed E-state index contributed by atoms with van der Waals surface area (Å²) in [6.07, 6.45) is 0. The highest BCUT2D eigenvalue weighted by atomic mass is 16.6. The maximum atomic E-state index is 10.9. The monoisotopic (exact) mass is 247 g/mol. The third-order valence-electron chi connectivity index (χ3n) is 2.87. The lowest BCUT2D eigenvalue weighted by Crippen LogP contribution is -2.50. The van der Waals surface area contributed by atoms with Crippen LogP contribution in [0.1, 0.15) is 5.56 Å². The van der Waals surface area contributed by atoms with Gasteiger partial charge in [-0.15, -0.1) is 0 Å². The number of aliphatic carboxylic acids is 1. The molecule has 1 aliphatic heterocycles. The van der Waals surface area contributed by atoms with Crippen LogP contribution in [0.15, 0.2) is 18.2 Å². The molecule has 1 aromatic carbocycles. The molecule has 1 aromatic rings. The first-order valence-corrected chi connectivity index (χ1v) is 5.19. The zero-order chi connectivity index (χ0) is 13.3. The maximum absolute atomic E-state index is 10.9. The fraction of sp³-hybridized carbons (Fsp3) is 0.273. The van der Waals surface area contributed by atoms with Gasteiger partial charge in [-0.1, -0.05) is 0 Å². The van der Waals surface area contributed by atoms with E-state index in [1.807, 2.05) is 6.07 Å². The Balaban J connectivity index is 2.27. The number of anilines is 1. The molecule has 0 unspecified atom stereocenters. The fourth-order valence-corrected chi connectivity index (χ4v) is 1.84. The van der Waals surface area contributed by atoms with Gasteiger partial charge < -0.3 is 10.0 Å². The lowest BCUT2D eigenvalue weighted by molar-refractivity contribution is -0.384. The van der Waals surface area contributed by atoms with E-state index in [0.29, 0.717) is 5.69 Å². The third-order valence-corrected chi connectivity index (χ3v) is 2.87. The number of hydrogen-bond acceptors (Lipinski definition) is 5. The molecule has 7 heteroatoms. The molecule has 1 saturated heterocycles. The molecule has 0 spiro atoms. The third kappa shape index (κ3) is 1.96. The van der Waals surface area contributed by atoms with Crippen LogP contribution in [0.2, 0.25) is 0 Å². The number of rotatable bonds is 3. The Morgan fingerprint density at radius 2 is 2.22 bits per heavy atom. The van der Waals surface area contributed by atoms with Gasteiger partial charge in [0.05, 0.1) is 22.5 Å². The van der Waals surface area contributed by atoms with Gasteiger partial charge in [-0.3, -0.25) is 14.9 Å². The van der Waals surface area contributed by atoms with E-state index in [1.54, 1.807) is 4.90 Å². The Kier molecular flexibility index (Phi) is 2.85. The van der Waals surface area contributed by atoms with Crippen molar-refractivity contribution in [3.63, 3.8) is 0 Å². The molecule has 18 heavy (non-hydrogen) atoms. The molecule has 1 heterocycles. The van der Waals surface area contributed by atoms with E-state index >= 15 is 0 Å². The highest BCUT2D eigenvalue weighted by molar-refractivity contribution is 5.76. The summed E-state index contributed by atoms with van der Waals surface area (Å²) in [6.45, 7) is 0.504. The summed E-state index contributed by atoms with van der Waals surface area (Å²) in [6, 6.07) is 6.00. The molecule has 0 aliphatic carbocycles. The number of benzene rings is 1. The molecule has 1 N–H and O–H groups in total. The van der Waals surface area contributed by atoms with Crippen molar-refractivity contribution in [2.75, 3.05) is 18.0 Å². The maximum Gasteiger partial charge on any atom is 0.310 e. The van der Waals surface area contributed by atoms with Crippen molar-refractivity contribution in [3.05, 3.63) is 33.9 Å². The van der Waals surface area contributed by atoms with Gasteiger partial charge in [0.25, 0.3) is 5.69 Å². The SMILES string of the molecule is N#Cc1ccc(N2CC(C(=O)O)C2)c([N+](=O)[O-])c1. The van der Waals surface area contributed by atoms with Crippen molar-refractivity contribution in [2.45, 2.75) is 0 Å². The number of nitrogens with zero attached hydrogens (tertiary/aromatic N) is 3. The van der Waals surface area contributed by atoms with E-state index in [4.69, 9.17) is 10.4 Å². The summed E-state index contributed by atoms with van der Waals surface area (Å²) in [5.41, 5.74) is 0.398. The molecule has 0 aromatic heterocycles. The highest BCUT2D eigenvalue weighted by Crippen LogP contribution is 2.33. The first-order chi connectivity index (χ1) is 8.52. The fourth-order valence-electron chi connectivity index (χ4n) is 1.84. The number of carbonyl (C=O) groups is 1. The standard InChI is InChI=1S/C11H9N3O4/c12-4-7-1-2-9(10(3-7)14(17)18)13-5-8(6-13)11(15)16/h1-3,8H,5-6H2,(H,15,16). The molecular weight excluding hydrogens is 238 g/mol. The minimum atomic E-state index is -0.900. The summed E-state index contributed by atoms with van der Waals surface area (Å²) < 4.78 is 0. The van der Waals surface area contributed by atoms with Crippen LogP contribution in [0.4, 0.5) is 11.4 Å². The summed E-state index contributed by atoms with van der Waals surface area (Å²) in [4.78, 5) is 22.6. The van der Waals surface area contributed by atoms with Crippen molar-refractivity contribution < 1.29 is 14.8 Å². The number of nitro groups is 1. The lowest BCUT2D eigenvalue weighted by atomic mass is 9.99. The number of hydrogen-bond donors (Lipinski definition) is 1. The minimum absolute atomic E-state index is 0.169. The average Bonchev–Trinajstić information content (AvgIpc) is 2.26. The molecule has 0 amide bonds. The Morgan fingerprint density at radius 3 is 2.72 bits per heavy atom. The van der Waals surface area contributed by atoms with Crippen LogP contribution in [0.3, 0.4) is 0 Å². The van der Waals surface area contributed by atoms with Crippen molar-refractivity contribution >= 4 is 17.3 Å². The van der Waals surface area contributed by atoms with Crippen LogP contribution in [-0.2, 0) is 4.79 Å². The van der Waals surface area contributed by atoms with E-state index in [9.17, 15) is 14.9 Å². The van der Waals surface area contributed by atoms with Gasteiger partial charge in [-0.2, -0.15) is 5.26 Å². The van der Waals surface area contributed by atoms with Crippen LogP contribution in [0.5, 0.6) is 0 Å². The molecule has 92 valence electrons. The topological polar surface area (TPSA) is 107 Å². The summed E-state index contributed by atoms with van der Waals surface area (Å²) >= 11 is 0. The first kappa shape index (κ1) is 11.9. The quantitative estimate of drug-likeness (QED) is 0.630. The smallest absolute Gasteiger partial charge is 0.310 e. The van der Waals surface area contributed by atoms with Gasteiger partial charge >= 0.3 is 5.97 Å².